The summed E-state index contributed by atoms with van der Waals surface area (Å²) in [4.78, 5) is 92.6. The van der Waals surface area contributed by atoms with Gasteiger partial charge in [-0.05, 0) is 54.5 Å². The van der Waals surface area contributed by atoms with Crippen molar-refractivity contribution in [1.29, 1.82) is 0 Å². The summed E-state index contributed by atoms with van der Waals surface area (Å²) in [5.74, 6) is -3.09. The molecule has 6 rings (SSSR count). The zero-order valence-electron chi connectivity index (χ0n) is 36.0. The molecule has 2 fully saturated rings. The SMILES string of the molecule is CC(C)C[C@H](CC(=O)[C@H](Cc1ccccc1)NC(=O)c1cnccn1)B(O)O.CC(C)C[C@H](CC(=O)[C@H](Cc1ccccc1)NC(=O)c1cnccn1)[B-]12OC(=O)C[NH+]1CC(=O)O2. The molecule has 2 amide bonds. The molecule has 0 saturated carbocycles. The Hall–Kier alpha value is -6.17. The number of aromatic nitrogens is 4. The Kier molecular flexibility index (Phi) is 17.3. The minimum absolute atomic E-state index is 0.0134. The molecule has 0 aliphatic carbocycles. The number of carbonyl (C=O) groups is 6. The van der Waals surface area contributed by atoms with Gasteiger partial charge in [-0.2, -0.15) is 0 Å². The molecule has 332 valence electrons. The van der Waals surface area contributed by atoms with Gasteiger partial charge in [-0.25, -0.2) is 9.97 Å². The van der Waals surface area contributed by atoms with E-state index < -0.39 is 61.3 Å². The van der Waals surface area contributed by atoms with E-state index >= 15 is 0 Å². The summed E-state index contributed by atoms with van der Waals surface area (Å²) < 4.78 is 11.3. The molecule has 2 aliphatic rings. The Morgan fingerprint density at radius 3 is 1.52 bits per heavy atom. The highest BCUT2D eigenvalue weighted by Crippen LogP contribution is 2.35. The number of amides is 2. The number of carbonyl (C=O) groups excluding carboxylic acids is 6. The van der Waals surface area contributed by atoms with Gasteiger partial charge in [0.05, 0.1) is 24.5 Å². The van der Waals surface area contributed by atoms with Crippen molar-refractivity contribution in [2.75, 3.05) is 13.1 Å². The molecule has 19 heteroatoms. The number of fused-ring (bicyclic) bond motifs is 1. The number of nitrogens with one attached hydrogen (secondary N) is 3. The number of hydrogen-bond donors (Lipinski definition) is 5. The third-order valence-electron chi connectivity index (χ3n) is 11.0. The number of rotatable bonds is 20. The lowest BCUT2D eigenvalue weighted by Gasteiger charge is -2.37. The van der Waals surface area contributed by atoms with Crippen molar-refractivity contribution in [3.8, 4) is 0 Å². The Bertz CT molecular complexity index is 2140. The summed E-state index contributed by atoms with van der Waals surface area (Å²) in [7, 11) is -1.58. The van der Waals surface area contributed by atoms with Gasteiger partial charge in [0.2, 0.25) is 0 Å². The van der Waals surface area contributed by atoms with Crippen LogP contribution in [-0.2, 0) is 41.3 Å². The highest BCUT2D eigenvalue weighted by molar-refractivity contribution is 6.66. The van der Waals surface area contributed by atoms with E-state index in [0.29, 0.717) is 24.1 Å². The first kappa shape index (κ1) is 47.9. The van der Waals surface area contributed by atoms with Gasteiger partial charge < -0.3 is 34.8 Å². The van der Waals surface area contributed by atoms with E-state index in [1.54, 1.807) is 0 Å². The molecule has 0 spiro atoms. The molecule has 0 unspecified atom stereocenters. The Balaban J connectivity index is 0.000000244. The maximum absolute atomic E-state index is 13.7. The molecule has 2 aromatic carbocycles. The number of ketones is 2. The van der Waals surface area contributed by atoms with Gasteiger partial charge in [0.1, 0.15) is 24.5 Å². The second kappa shape index (κ2) is 22.8. The van der Waals surface area contributed by atoms with Gasteiger partial charge in [-0.3, -0.25) is 38.7 Å². The van der Waals surface area contributed by atoms with Crippen LogP contribution in [0.4, 0.5) is 0 Å². The van der Waals surface area contributed by atoms with Gasteiger partial charge in [0.25, 0.3) is 11.8 Å². The monoisotopic (exact) mass is 863 g/mol. The maximum atomic E-state index is 13.7. The lowest BCUT2D eigenvalue weighted by atomic mass is 9.53. The fraction of sp³-hybridized carbons (Fsp3) is 0.409. The van der Waals surface area contributed by atoms with E-state index in [2.05, 4.69) is 30.6 Å². The number of hydrogen-bond acceptors (Lipinski definition) is 14. The Morgan fingerprint density at radius 1 is 0.683 bits per heavy atom. The van der Waals surface area contributed by atoms with Crippen LogP contribution in [-0.4, -0.2) is 104 Å². The first-order chi connectivity index (χ1) is 30.1. The van der Waals surface area contributed by atoms with Crippen molar-refractivity contribution in [3.63, 3.8) is 0 Å². The van der Waals surface area contributed by atoms with Crippen molar-refractivity contribution in [3.05, 3.63) is 120 Å². The average Bonchev–Trinajstić information content (AvgIpc) is 3.74. The van der Waals surface area contributed by atoms with Crippen LogP contribution in [0, 0.1) is 11.8 Å². The van der Waals surface area contributed by atoms with Crippen LogP contribution in [0.15, 0.2) is 97.8 Å². The molecule has 2 aromatic heterocycles. The fourth-order valence-corrected chi connectivity index (χ4v) is 8.14. The first-order valence-corrected chi connectivity index (χ1v) is 21.2. The van der Waals surface area contributed by atoms with Crippen LogP contribution >= 0.6 is 0 Å². The van der Waals surface area contributed by atoms with Crippen LogP contribution in [0.25, 0.3) is 0 Å². The molecular weight excluding hydrogens is 808 g/mol. The van der Waals surface area contributed by atoms with E-state index in [9.17, 15) is 38.8 Å². The lowest BCUT2D eigenvalue weighted by Crippen LogP contribution is -3.20. The number of Topliss-reactive ketones (excluding diaryl/α,β-unsaturated/α-hetero) is 2. The topological polar surface area (TPSA) is 241 Å². The lowest BCUT2D eigenvalue weighted by molar-refractivity contribution is -0.777. The second-order valence-electron chi connectivity index (χ2n) is 16.9. The zero-order valence-corrected chi connectivity index (χ0v) is 36.0. The van der Waals surface area contributed by atoms with Crippen LogP contribution in [0.2, 0.25) is 11.6 Å². The second-order valence-corrected chi connectivity index (χ2v) is 16.9. The summed E-state index contributed by atoms with van der Waals surface area (Å²) in [5.41, 5.74) is 1.99. The molecule has 4 heterocycles. The molecule has 5 N–H and O–H groups in total. The standard InChI is InChI=1S/C24H29BN4O6.C20H26BN3O4/c1-16(2)10-18(25-29(14-22(31)34-25)15-23(32)35-25)12-21(30)19(11-17-6-4-3-5-7-17)28-24(33)20-13-26-8-9-27-20;1-14(2)10-16(21(27)28)12-19(25)17(11-15-6-4-3-5-7-15)24-20(26)18-13-22-8-9-23-18/h3-9,13,16,18-19,29H,10-12,14-15H2,1-2H3,(H,28,33);3-9,13-14,16-17,27-28H,10-12H2,1-2H3,(H,24,26)/t18-,19+;16-,17+/m11/s1. The smallest absolute Gasteiger partial charge is 0.586 e. The maximum Gasteiger partial charge on any atom is 0.586 e. The molecule has 0 radical (unpaired) electrons. The van der Waals surface area contributed by atoms with E-state index in [0.717, 1.165) is 11.1 Å². The van der Waals surface area contributed by atoms with E-state index in [1.165, 1.54) is 37.2 Å². The summed E-state index contributed by atoms with van der Waals surface area (Å²) in [6, 6.07) is 17.1. The molecule has 4 aromatic rings. The molecule has 17 nitrogen and oxygen atoms in total. The normalized spacial score (nSPS) is 18.4. The van der Waals surface area contributed by atoms with Gasteiger partial charge in [-0.1, -0.05) is 94.8 Å². The quantitative estimate of drug-likeness (QED) is 0.0797. The minimum atomic E-state index is -2.34. The van der Waals surface area contributed by atoms with Crippen LogP contribution in [0.1, 0.15) is 85.5 Å². The largest absolute Gasteiger partial charge is 0.600 e. The molecule has 2 aliphatic heterocycles. The number of quaternary nitrogens is 1. The van der Waals surface area contributed by atoms with Crippen molar-refractivity contribution >= 4 is 49.1 Å². The third-order valence-corrected chi connectivity index (χ3v) is 11.0. The molecule has 4 atom stereocenters. The van der Waals surface area contributed by atoms with E-state index in [-0.39, 0.29) is 67.1 Å². The van der Waals surface area contributed by atoms with Crippen molar-refractivity contribution in [1.82, 2.24) is 30.6 Å². The number of benzene rings is 2. The Morgan fingerprint density at radius 2 is 1.13 bits per heavy atom. The highest BCUT2D eigenvalue weighted by atomic mass is 16.7. The third kappa shape index (κ3) is 13.9. The van der Waals surface area contributed by atoms with Gasteiger partial charge >= 0.3 is 25.7 Å². The van der Waals surface area contributed by atoms with Gasteiger partial charge in [0, 0.05) is 37.0 Å². The first-order valence-electron chi connectivity index (χ1n) is 21.2. The van der Waals surface area contributed by atoms with Crippen LogP contribution in [0.3, 0.4) is 0 Å². The summed E-state index contributed by atoms with van der Waals surface area (Å²) in [6.45, 7) is 5.62. The minimum Gasteiger partial charge on any atom is -0.600 e. The Labute approximate surface area is 367 Å². The molecule has 63 heavy (non-hydrogen) atoms. The van der Waals surface area contributed by atoms with E-state index in [4.69, 9.17) is 9.31 Å². The summed E-state index contributed by atoms with van der Waals surface area (Å²) >= 11 is 0. The van der Waals surface area contributed by atoms with Gasteiger partial charge in [0.15, 0.2) is 11.6 Å². The summed E-state index contributed by atoms with van der Waals surface area (Å²) in [6.07, 6.45) is 9.95. The zero-order chi connectivity index (χ0) is 45.5. The van der Waals surface area contributed by atoms with E-state index in [1.807, 2.05) is 88.4 Å². The summed E-state index contributed by atoms with van der Waals surface area (Å²) in [5, 5.41) is 24.8. The van der Waals surface area contributed by atoms with Crippen molar-refractivity contribution in [2.24, 2.45) is 11.8 Å². The van der Waals surface area contributed by atoms with Gasteiger partial charge in [-0.15, -0.1) is 0 Å². The molecule has 0 bridgehead atoms. The van der Waals surface area contributed by atoms with Crippen molar-refractivity contribution in [2.45, 2.75) is 89.9 Å². The van der Waals surface area contributed by atoms with Crippen LogP contribution in [0.5, 0.6) is 0 Å². The predicted molar refractivity (Wildman–Crippen MR) is 231 cm³/mol. The van der Waals surface area contributed by atoms with Crippen LogP contribution < -0.4 is 15.4 Å². The average molecular weight is 864 g/mol. The number of nitrogens with zero attached hydrogens (tertiary/aromatic N) is 4. The molecular formula is C44H55B2N7O10. The molecule has 2 saturated heterocycles. The fourth-order valence-electron chi connectivity index (χ4n) is 8.14. The van der Waals surface area contributed by atoms with Crippen molar-refractivity contribution < 1.29 is 52.9 Å². The predicted octanol–water partition coefficient (Wildman–Crippen LogP) is 1.80. The highest BCUT2D eigenvalue weighted by Gasteiger charge is 2.63.